The fourth-order valence-corrected chi connectivity index (χ4v) is 2.89. The van der Waals surface area contributed by atoms with E-state index in [0.29, 0.717) is 0 Å². The summed E-state index contributed by atoms with van der Waals surface area (Å²) in [6.07, 6.45) is 3.99. The molecule has 2 N–H and O–H groups in total. The summed E-state index contributed by atoms with van der Waals surface area (Å²) in [4.78, 5) is 14.1. The van der Waals surface area contributed by atoms with Crippen LogP contribution in [0.5, 0.6) is 0 Å². The van der Waals surface area contributed by atoms with Gasteiger partial charge in [0.25, 0.3) is 0 Å². The van der Waals surface area contributed by atoms with Crippen molar-refractivity contribution in [1.29, 1.82) is 0 Å². The molecular formula is C15H20N2O. The van der Waals surface area contributed by atoms with Crippen molar-refractivity contribution in [1.82, 2.24) is 4.90 Å². The molecule has 96 valence electrons. The highest BCUT2D eigenvalue weighted by molar-refractivity contribution is 5.91. The zero-order valence-electron chi connectivity index (χ0n) is 11.1. The summed E-state index contributed by atoms with van der Waals surface area (Å²) in [6, 6.07) is 8.25. The lowest BCUT2D eigenvalue weighted by molar-refractivity contribution is -0.131. The van der Waals surface area contributed by atoms with E-state index in [9.17, 15) is 4.79 Å². The lowest BCUT2D eigenvalue weighted by atomic mass is 9.86. The van der Waals surface area contributed by atoms with Crippen LogP contribution in [-0.2, 0) is 15.7 Å². The first kappa shape index (κ1) is 11.7. The number of carbonyl (C=O) groups is 1. The summed E-state index contributed by atoms with van der Waals surface area (Å²) in [5.41, 5.74) is 8.26. The second-order valence-electron chi connectivity index (χ2n) is 5.98. The van der Waals surface area contributed by atoms with Gasteiger partial charge in [-0.2, -0.15) is 0 Å². The van der Waals surface area contributed by atoms with E-state index >= 15 is 0 Å². The molecule has 3 rings (SSSR count). The first-order valence-electron chi connectivity index (χ1n) is 6.60. The molecule has 2 aliphatic rings. The fourth-order valence-electron chi connectivity index (χ4n) is 2.89. The van der Waals surface area contributed by atoms with Crippen LogP contribution in [0.15, 0.2) is 24.3 Å². The lowest BCUT2D eigenvalue weighted by Crippen LogP contribution is -2.35. The number of likely N-dealkylation sites (N-methyl/N-ethyl adjacent to an activating group) is 1. The van der Waals surface area contributed by atoms with Crippen molar-refractivity contribution in [3.8, 4) is 0 Å². The van der Waals surface area contributed by atoms with Crippen LogP contribution in [-0.4, -0.2) is 24.9 Å². The van der Waals surface area contributed by atoms with Gasteiger partial charge in [0.05, 0.1) is 5.41 Å². The Labute approximate surface area is 108 Å². The summed E-state index contributed by atoms with van der Waals surface area (Å²) >= 11 is 0. The average Bonchev–Trinajstić information content (AvgIpc) is 3.25. The molecule has 1 aromatic carbocycles. The SMILES string of the molecule is CN(C)C(=O)C1(c2ccccc2C2(N)CC2)CC1. The minimum absolute atomic E-state index is 0.168. The smallest absolute Gasteiger partial charge is 0.232 e. The standard InChI is InChI=1S/C15H20N2O/c1-17(2)13(18)14(7-8-14)11-5-3-4-6-12(11)15(16)9-10-15/h3-6H,7-10,16H2,1-2H3. The summed E-state index contributed by atoms with van der Waals surface area (Å²) in [6.45, 7) is 0. The normalized spacial score (nSPS) is 22.4. The number of benzene rings is 1. The van der Waals surface area contributed by atoms with Gasteiger partial charge in [-0.1, -0.05) is 24.3 Å². The Morgan fingerprint density at radius 1 is 1.11 bits per heavy atom. The predicted molar refractivity (Wildman–Crippen MR) is 71.1 cm³/mol. The first-order chi connectivity index (χ1) is 8.50. The van der Waals surface area contributed by atoms with Gasteiger partial charge in [-0.25, -0.2) is 0 Å². The third-order valence-corrected chi connectivity index (χ3v) is 4.33. The molecule has 18 heavy (non-hydrogen) atoms. The second-order valence-corrected chi connectivity index (χ2v) is 5.98. The summed E-state index contributed by atoms with van der Waals surface area (Å²) in [5, 5.41) is 0. The number of hydrogen-bond donors (Lipinski definition) is 1. The molecule has 2 fully saturated rings. The fraction of sp³-hybridized carbons (Fsp3) is 0.533. The van der Waals surface area contributed by atoms with E-state index in [0.717, 1.165) is 25.7 Å². The summed E-state index contributed by atoms with van der Waals surface area (Å²) in [5.74, 6) is 0.221. The van der Waals surface area contributed by atoms with E-state index in [-0.39, 0.29) is 16.9 Å². The van der Waals surface area contributed by atoms with Crippen LogP contribution in [0.4, 0.5) is 0 Å². The molecule has 0 atom stereocenters. The first-order valence-corrected chi connectivity index (χ1v) is 6.60. The largest absolute Gasteiger partial charge is 0.348 e. The van der Waals surface area contributed by atoms with Crippen LogP contribution < -0.4 is 5.73 Å². The molecule has 1 aromatic rings. The minimum atomic E-state index is -0.283. The van der Waals surface area contributed by atoms with Crippen LogP contribution >= 0.6 is 0 Å². The molecule has 0 heterocycles. The topological polar surface area (TPSA) is 46.3 Å². The van der Waals surface area contributed by atoms with Gasteiger partial charge in [-0.15, -0.1) is 0 Å². The second kappa shape index (κ2) is 3.58. The van der Waals surface area contributed by atoms with Crippen LogP contribution in [0.2, 0.25) is 0 Å². The Hall–Kier alpha value is -1.35. The van der Waals surface area contributed by atoms with E-state index in [1.807, 2.05) is 26.2 Å². The Morgan fingerprint density at radius 2 is 1.67 bits per heavy atom. The van der Waals surface area contributed by atoms with Gasteiger partial charge in [-0.05, 0) is 36.8 Å². The molecule has 0 saturated heterocycles. The highest BCUT2D eigenvalue weighted by Gasteiger charge is 2.55. The van der Waals surface area contributed by atoms with Gasteiger partial charge in [0.15, 0.2) is 0 Å². The zero-order chi connectivity index (χ0) is 13.0. The molecule has 2 saturated carbocycles. The monoisotopic (exact) mass is 244 g/mol. The van der Waals surface area contributed by atoms with E-state index in [1.54, 1.807) is 4.90 Å². The third-order valence-electron chi connectivity index (χ3n) is 4.33. The molecule has 2 aliphatic carbocycles. The molecule has 1 amide bonds. The quantitative estimate of drug-likeness (QED) is 0.880. The summed E-state index contributed by atoms with van der Waals surface area (Å²) in [7, 11) is 3.67. The Bertz CT molecular complexity index is 499. The Morgan fingerprint density at radius 3 is 2.11 bits per heavy atom. The van der Waals surface area contributed by atoms with E-state index in [4.69, 9.17) is 5.73 Å². The Kier molecular flexibility index (Phi) is 2.33. The van der Waals surface area contributed by atoms with E-state index < -0.39 is 0 Å². The van der Waals surface area contributed by atoms with Crippen molar-refractivity contribution < 1.29 is 4.79 Å². The predicted octanol–water partition coefficient (Wildman–Crippen LogP) is 1.75. The molecule has 0 bridgehead atoms. The van der Waals surface area contributed by atoms with Gasteiger partial charge < -0.3 is 10.6 Å². The number of nitrogens with zero attached hydrogens (tertiary/aromatic N) is 1. The van der Waals surface area contributed by atoms with Gasteiger partial charge in [0.2, 0.25) is 5.91 Å². The van der Waals surface area contributed by atoms with Crippen LogP contribution in [0.25, 0.3) is 0 Å². The number of rotatable bonds is 3. The number of carbonyl (C=O) groups excluding carboxylic acids is 1. The van der Waals surface area contributed by atoms with Crippen molar-refractivity contribution in [3.63, 3.8) is 0 Å². The molecule has 0 aromatic heterocycles. The van der Waals surface area contributed by atoms with Crippen molar-refractivity contribution in [2.75, 3.05) is 14.1 Å². The molecule has 3 nitrogen and oxygen atoms in total. The molecular weight excluding hydrogens is 224 g/mol. The van der Waals surface area contributed by atoms with Crippen molar-refractivity contribution in [3.05, 3.63) is 35.4 Å². The van der Waals surface area contributed by atoms with Crippen LogP contribution in [0.3, 0.4) is 0 Å². The maximum atomic E-state index is 12.4. The zero-order valence-corrected chi connectivity index (χ0v) is 11.1. The maximum Gasteiger partial charge on any atom is 0.232 e. The number of hydrogen-bond acceptors (Lipinski definition) is 2. The Balaban J connectivity index is 2.05. The van der Waals surface area contributed by atoms with Gasteiger partial charge in [0.1, 0.15) is 0 Å². The lowest BCUT2D eigenvalue weighted by Gasteiger charge is -2.24. The molecule has 0 spiro atoms. The van der Waals surface area contributed by atoms with Crippen LogP contribution in [0.1, 0.15) is 36.8 Å². The molecule has 0 radical (unpaired) electrons. The highest BCUT2D eigenvalue weighted by atomic mass is 16.2. The molecule has 0 aliphatic heterocycles. The van der Waals surface area contributed by atoms with Gasteiger partial charge in [0, 0.05) is 19.6 Å². The van der Waals surface area contributed by atoms with Crippen molar-refractivity contribution in [2.45, 2.75) is 36.6 Å². The van der Waals surface area contributed by atoms with Crippen molar-refractivity contribution in [2.24, 2.45) is 5.73 Å². The summed E-state index contributed by atoms with van der Waals surface area (Å²) < 4.78 is 0. The molecule has 3 heteroatoms. The number of amides is 1. The van der Waals surface area contributed by atoms with E-state index in [2.05, 4.69) is 12.1 Å². The van der Waals surface area contributed by atoms with Crippen molar-refractivity contribution >= 4 is 5.91 Å². The highest BCUT2D eigenvalue weighted by Crippen LogP contribution is 2.54. The minimum Gasteiger partial charge on any atom is -0.348 e. The van der Waals surface area contributed by atoms with Crippen LogP contribution in [0, 0.1) is 0 Å². The average molecular weight is 244 g/mol. The van der Waals surface area contributed by atoms with Gasteiger partial charge in [-0.3, -0.25) is 4.79 Å². The maximum absolute atomic E-state index is 12.4. The van der Waals surface area contributed by atoms with E-state index in [1.165, 1.54) is 11.1 Å². The van der Waals surface area contributed by atoms with Gasteiger partial charge >= 0.3 is 0 Å². The molecule has 0 unspecified atom stereocenters. The number of nitrogens with two attached hydrogens (primary N) is 1. The third kappa shape index (κ3) is 1.57.